The number of hydrogen-bond acceptors (Lipinski definition) is 4. The van der Waals surface area contributed by atoms with Crippen LogP contribution in [0, 0.1) is 0 Å². The lowest BCUT2D eigenvalue weighted by molar-refractivity contribution is -0.145. The van der Waals surface area contributed by atoms with E-state index in [2.05, 4.69) is 4.74 Å². The highest BCUT2D eigenvalue weighted by Gasteiger charge is 2.03. The van der Waals surface area contributed by atoms with Crippen molar-refractivity contribution in [1.29, 1.82) is 0 Å². The van der Waals surface area contributed by atoms with Gasteiger partial charge >= 0.3 is 5.97 Å². The van der Waals surface area contributed by atoms with Crippen LogP contribution in [0.3, 0.4) is 0 Å². The molecule has 0 aliphatic rings. The van der Waals surface area contributed by atoms with E-state index in [1.54, 1.807) is 0 Å². The maximum atomic E-state index is 10.3. The fourth-order valence-corrected chi connectivity index (χ4v) is 0.347. The van der Waals surface area contributed by atoms with Gasteiger partial charge in [0.1, 0.15) is 18.9 Å². The molecule has 0 bridgehead atoms. The van der Waals surface area contributed by atoms with Crippen molar-refractivity contribution < 1.29 is 14.3 Å². The molecule has 0 unspecified atom stereocenters. The van der Waals surface area contributed by atoms with Crippen LogP contribution in [0.1, 0.15) is 13.3 Å². The average molecular weight is 131 g/mol. The molecule has 4 heteroatoms. The minimum Gasteiger partial charge on any atom is -0.450 e. The average Bonchev–Trinajstić information content (AvgIpc) is 1.63. The Balaban J connectivity index is 3.39. The molecule has 0 aromatic rings. The van der Waals surface area contributed by atoms with Crippen LogP contribution >= 0.6 is 0 Å². The second-order valence-corrected chi connectivity index (χ2v) is 1.56. The van der Waals surface area contributed by atoms with Crippen molar-refractivity contribution in [3.05, 3.63) is 0 Å². The molecule has 0 radical (unpaired) electrons. The van der Waals surface area contributed by atoms with Gasteiger partial charge in [0.05, 0.1) is 0 Å². The van der Waals surface area contributed by atoms with Crippen LogP contribution in [0.2, 0.25) is 0 Å². The van der Waals surface area contributed by atoms with Gasteiger partial charge in [-0.25, -0.2) is 0 Å². The highest BCUT2D eigenvalue weighted by atomic mass is 16.5. The first-order valence-corrected chi connectivity index (χ1v) is 2.52. The molecule has 0 saturated carbocycles. The van der Waals surface area contributed by atoms with Gasteiger partial charge in [0.25, 0.3) is 0 Å². The molecule has 0 spiro atoms. The number of nitrogens with two attached hydrogens (primary N) is 1. The third kappa shape index (κ3) is 4.96. The van der Waals surface area contributed by atoms with E-state index in [1.807, 2.05) is 0 Å². The summed E-state index contributed by atoms with van der Waals surface area (Å²) in [5.74, 6) is -0.779. The van der Waals surface area contributed by atoms with Crippen LogP contribution in [0.4, 0.5) is 0 Å². The fraction of sp³-hybridized carbons (Fsp3) is 0.600. The molecule has 0 atom stereocenters. The molecule has 9 heavy (non-hydrogen) atoms. The predicted molar refractivity (Wildman–Crippen MR) is 30.4 cm³/mol. The monoisotopic (exact) mass is 131 g/mol. The minimum absolute atomic E-state index is 0.161. The van der Waals surface area contributed by atoms with Crippen molar-refractivity contribution in [1.82, 2.24) is 0 Å². The van der Waals surface area contributed by atoms with Crippen molar-refractivity contribution in [3.8, 4) is 0 Å². The van der Waals surface area contributed by atoms with Gasteiger partial charge in [-0.05, 0) is 6.92 Å². The molecular formula is C5H9NO3. The summed E-state index contributed by atoms with van der Waals surface area (Å²) in [4.78, 5) is 20.5. The standard InChI is InChI=1S/C5H9NO3/c1-4(7)2-5(8)9-3-6/h2-3,6H2,1H3. The Morgan fingerprint density at radius 3 is 2.44 bits per heavy atom. The third-order valence-electron chi connectivity index (χ3n) is 0.638. The van der Waals surface area contributed by atoms with Crippen LogP contribution in [-0.2, 0) is 14.3 Å². The van der Waals surface area contributed by atoms with E-state index in [9.17, 15) is 9.59 Å². The summed E-state index contributed by atoms with van der Waals surface area (Å²) < 4.78 is 4.27. The number of ketones is 1. The predicted octanol–water partition coefficient (Wildman–Crippen LogP) is -0.575. The van der Waals surface area contributed by atoms with Crippen molar-refractivity contribution in [3.63, 3.8) is 0 Å². The second kappa shape index (κ2) is 4.03. The highest BCUT2D eigenvalue weighted by molar-refractivity contribution is 5.94. The Bertz CT molecular complexity index is 121. The summed E-state index contributed by atoms with van der Waals surface area (Å²) in [5.41, 5.74) is 4.85. The number of esters is 1. The Morgan fingerprint density at radius 1 is 1.56 bits per heavy atom. The summed E-state index contributed by atoms with van der Waals surface area (Å²) in [6.07, 6.45) is -0.183. The molecule has 52 valence electrons. The fourth-order valence-electron chi connectivity index (χ4n) is 0.347. The van der Waals surface area contributed by atoms with Crippen molar-refractivity contribution in [2.24, 2.45) is 5.73 Å². The topological polar surface area (TPSA) is 69.4 Å². The van der Waals surface area contributed by atoms with Crippen molar-refractivity contribution in [2.75, 3.05) is 6.73 Å². The quantitative estimate of drug-likeness (QED) is 0.316. The van der Waals surface area contributed by atoms with Gasteiger partial charge in [0.2, 0.25) is 0 Å². The van der Waals surface area contributed by atoms with E-state index < -0.39 is 5.97 Å². The maximum Gasteiger partial charge on any atom is 0.314 e. The molecule has 0 fully saturated rings. The van der Waals surface area contributed by atoms with Gasteiger partial charge < -0.3 is 4.74 Å². The van der Waals surface area contributed by atoms with E-state index in [-0.39, 0.29) is 18.9 Å². The van der Waals surface area contributed by atoms with E-state index in [0.717, 1.165) is 0 Å². The summed E-state index contributed by atoms with van der Waals surface area (Å²) >= 11 is 0. The van der Waals surface area contributed by atoms with Gasteiger partial charge in [0, 0.05) is 0 Å². The van der Waals surface area contributed by atoms with Crippen LogP contribution in [-0.4, -0.2) is 18.5 Å². The number of hydrogen-bond donors (Lipinski definition) is 1. The number of carbonyl (C=O) groups excluding carboxylic acids is 2. The van der Waals surface area contributed by atoms with Gasteiger partial charge in [-0.3, -0.25) is 15.3 Å². The Hall–Kier alpha value is -0.900. The number of ether oxygens (including phenoxy) is 1. The van der Waals surface area contributed by atoms with Gasteiger partial charge in [-0.2, -0.15) is 0 Å². The SMILES string of the molecule is CC(=O)CC(=O)OCN. The molecule has 4 nitrogen and oxygen atoms in total. The zero-order valence-corrected chi connectivity index (χ0v) is 5.22. The third-order valence-corrected chi connectivity index (χ3v) is 0.638. The Labute approximate surface area is 53.0 Å². The first-order valence-electron chi connectivity index (χ1n) is 2.52. The van der Waals surface area contributed by atoms with Crippen LogP contribution < -0.4 is 5.73 Å². The van der Waals surface area contributed by atoms with Crippen LogP contribution in [0.5, 0.6) is 0 Å². The van der Waals surface area contributed by atoms with E-state index in [1.165, 1.54) is 6.92 Å². The summed E-state index contributed by atoms with van der Waals surface area (Å²) in [6, 6.07) is 0. The van der Waals surface area contributed by atoms with E-state index in [4.69, 9.17) is 5.73 Å². The molecular weight excluding hydrogens is 122 g/mol. The normalized spacial score (nSPS) is 8.67. The lowest BCUT2D eigenvalue weighted by Crippen LogP contribution is -2.14. The summed E-state index contributed by atoms with van der Waals surface area (Å²) in [7, 11) is 0. The smallest absolute Gasteiger partial charge is 0.314 e. The number of Topliss-reactive ketones (excluding diaryl/α,β-unsaturated/α-hetero) is 1. The first-order chi connectivity index (χ1) is 4.16. The molecule has 2 N–H and O–H groups in total. The minimum atomic E-state index is -0.565. The number of rotatable bonds is 3. The van der Waals surface area contributed by atoms with Crippen LogP contribution in [0.25, 0.3) is 0 Å². The molecule has 0 heterocycles. The number of carbonyl (C=O) groups is 2. The Morgan fingerprint density at radius 2 is 2.11 bits per heavy atom. The zero-order chi connectivity index (χ0) is 7.28. The van der Waals surface area contributed by atoms with E-state index in [0.29, 0.717) is 0 Å². The summed E-state index contributed by atoms with van der Waals surface area (Å²) in [6.45, 7) is 1.16. The Kier molecular flexibility index (Phi) is 3.62. The molecule has 0 amide bonds. The highest BCUT2D eigenvalue weighted by Crippen LogP contribution is 1.84. The molecule has 0 aliphatic carbocycles. The van der Waals surface area contributed by atoms with Gasteiger partial charge in [0.15, 0.2) is 0 Å². The van der Waals surface area contributed by atoms with Crippen molar-refractivity contribution in [2.45, 2.75) is 13.3 Å². The van der Waals surface area contributed by atoms with E-state index >= 15 is 0 Å². The molecule has 0 aromatic carbocycles. The first kappa shape index (κ1) is 8.10. The van der Waals surface area contributed by atoms with Gasteiger partial charge in [-0.1, -0.05) is 0 Å². The molecule has 0 rings (SSSR count). The molecule has 0 aliphatic heterocycles. The molecule has 0 aromatic heterocycles. The van der Waals surface area contributed by atoms with Crippen molar-refractivity contribution >= 4 is 11.8 Å². The van der Waals surface area contributed by atoms with Gasteiger partial charge in [-0.15, -0.1) is 0 Å². The second-order valence-electron chi connectivity index (χ2n) is 1.56. The largest absolute Gasteiger partial charge is 0.450 e. The lowest BCUT2D eigenvalue weighted by atomic mass is 10.3. The maximum absolute atomic E-state index is 10.3. The van der Waals surface area contributed by atoms with Crippen LogP contribution in [0.15, 0.2) is 0 Å². The molecule has 0 saturated heterocycles. The summed E-state index contributed by atoms with van der Waals surface area (Å²) in [5, 5.41) is 0. The zero-order valence-electron chi connectivity index (χ0n) is 5.22. The lowest BCUT2D eigenvalue weighted by Gasteiger charge is -1.95.